The van der Waals surface area contributed by atoms with E-state index in [0.717, 1.165) is 11.1 Å². The summed E-state index contributed by atoms with van der Waals surface area (Å²) in [4.78, 5) is 11.6. The number of hydrogen-bond donors (Lipinski definition) is 2. The zero-order valence-corrected chi connectivity index (χ0v) is 9.48. The normalized spacial score (nSPS) is 17.6. The number of benzene rings is 2. The molecule has 0 fully saturated rings. The number of anilines is 1. The average molecular weight is 242 g/mol. The monoisotopic (exact) mass is 242 g/mol. The molecule has 0 aliphatic carbocycles. The van der Waals surface area contributed by atoms with Gasteiger partial charge in [-0.15, -0.1) is 0 Å². The number of carbonyl (C=O) groups is 1. The van der Waals surface area contributed by atoms with Crippen molar-refractivity contribution in [3.8, 4) is 0 Å². The molecule has 2 aromatic carbocycles. The second-order valence-electron chi connectivity index (χ2n) is 4.15. The molecule has 90 valence electrons. The smallest absolute Gasteiger partial charge is 0.320 e. The second kappa shape index (κ2) is 4.14. The second-order valence-corrected chi connectivity index (χ2v) is 4.15. The fraction of sp³-hybridized carbons (Fsp3) is 0.0714. The van der Waals surface area contributed by atoms with Gasteiger partial charge in [-0.25, -0.2) is 9.18 Å². The minimum Gasteiger partial charge on any atom is -0.327 e. The number of halogens is 1. The molecule has 3 rings (SSSR count). The third-order valence-electron chi connectivity index (χ3n) is 3.00. The largest absolute Gasteiger partial charge is 0.327 e. The van der Waals surface area contributed by atoms with E-state index in [2.05, 4.69) is 10.6 Å². The Morgan fingerprint density at radius 2 is 1.78 bits per heavy atom. The third-order valence-corrected chi connectivity index (χ3v) is 3.00. The highest BCUT2D eigenvalue weighted by molar-refractivity contribution is 5.93. The van der Waals surface area contributed by atoms with Gasteiger partial charge in [0.05, 0.1) is 11.7 Å². The molecule has 1 atom stereocenters. The van der Waals surface area contributed by atoms with Crippen molar-refractivity contribution < 1.29 is 9.18 Å². The van der Waals surface area contributed by atoms with Gasteiger partial charge in [0.25, 0.3) is 0 Å². The molecule has 0 aromatic heterocycles. The Labute approximate surface area is 104 Å². The van der Waals surface area contributed by atoms with E-state index in [0.29, 0.717) is 0 Å². The first-order valence-electron chi connectivity index (χ1n) is 5.66. The van der Waals surface area contributed by atoms with Crippen LogP contribution in [0.25, 0.3) is 0 Å². The molecule has 1 unspecified atom stereocenters. The summed E-state index contributed by atoms with van der Waals surface area (Å²) in [7, 11) is 0. The topological polar surface area (TPSA) is 41.1 Å². The zero-order chi connectivity index (χ0) is 12.5. The van der Waals surface area contributed by atoms with Crippen molar-refractivity contribution in [2.45, 2.75) is 6.04 Å². The van der Waals surface area contributed by atoms with Crippen LogP contribution in [0.1, 0.15) is 17.2 Å². The van der Waals surface area contributed by atoms with Gasteiger partial charge in [-0.1, -0.05) is 42.5 Å². The predicted octanol–water partition coefficient (Wildman–Crippen LogP) is 3.05. The lowest BCUT2D eigenvalue weighted by molar-refractivity contribution is 0.248. The van der Waals surface area contributed by atoms with Gasteiger partial charge in [0.1, 0.15) is 5.82 Å². The minimum atomic E-state index is -0.414. The van der Waals surface area contributed by atoms with Crippen molar-refractivity contribution in [1.82, 2.24) is 5.32 Å². The van der Waals surface area contributed by atoms with Crippen LogP contribution in [0.15, 0.2) is 48.5 Å². The zero-order valence-electron chi connectivity index (χ0n) is 9.48. The summed E-state index contributed by atoms with van der Waals surface area (Å²) in [6, 6.07) is 13.6. The lowest BCUT2D eigenvalue weighted by Crippen LogP contribution is -2.38. The highest BCUT2D eigenvalue weighted by Crippen LogP contribution is 2.33. The number of fused-ring (bicyclic) bond motifs is 1. The molecule has 0 bridgehead atoms. The number of amides is 2. The Bertz CT molecular complexity index is 598. The molecule has 0 radical (unpaired) electrons. The van der Waals surface area contributed by atoms with Crippen molar-refractivity contribution in [3.63, 3.8) is 0 Å². The molecule has 1 aliphatic heterocycles. The Morgan fingerprint density at radius 1 is 1.00 bits per heavy atom. The fourth-order valence-electron chi connectivity index (χ4n) is 2.18. The van der Waals surface area contributed by atoms with Crippen molar-refractivity contribution >= 4 is 11.7 Å². The first kappa shape index (κ1) is 10.8. The molecule has 3 nitrogen and oxygen atoms in total. The molecule has 2 aromatic rings. The van der Waals surface area contributed by atoms with Gasteiger partial charge in [0.2, 0.25) is 0 Å². The van der Waals surface area contributed by atoms with Crippen molar-refractivity contribution in [1.29, 1.82) is 0 Å². The summed E-state index contributed by atoms with van der Waals surface area (Å²) in [5.74, 6) is -0.414. The Kier molecular flexibility index (Phi) is 2.48. The van der Waals surface area contributed by atoms with Crippen LogP contribution in [0.2, 0.25) is 0 Å². The van der Waals surface area contributed by atoms with Gasteiger partial charge >= 0.3 is 6.03 Å². The molecule has 1 heterocycles. The number of carbonyl (C=O) groups excluding carboxylic acids is 1. The van der Waals surface area contributed by atoms with E-state index < -0.39 is 5.82 Å². The highest BCUT2D eigenvalue weighted by Gasteiger charge is 2.27. The minimum absolute atomic E-state index is 0.259. The SMILES string of the molecule is O=C1Nc2c(F)cccc2C(c2ccccc2)N1. The number of nitrogens with one attached hydrogen (secondary N) is 2. The van der Waals surface area contributed by atoms with Crippen molar-refractivity contribution in [2.75, 3.05) is 5.32 Å². The van der Waals surface area contributed by atoms with Crippen LogP contribution in [0.3, 0.4) is 0 Å². The first-order valence-corrected chi connectivity index (χ1v) is 5.66. The molecule has 2 amide bonds. The summed E-state index contributed by atoms with van der Waals surface area (Å²) in [5, 5.41) is 5.30. The number of hydrogen-bond acceptors (Lipinski definition) is 1. The summed E-state index contributed by atoms with van der Waals surface area (Å²) in [6.07, 6.45) is 0. The Hall–Kier alpha value is -2.36. The van der Waals surface area contributed by atoms with Crippen LogP contribution < -0.4 is 10.6 Å². The average Bonchev–Trinajstić information content (AvgIpc) is 2.40. The Morgan fingerprint density at radius 3 is 2.56 bits per heavy atom. The lowest BCUT2D eigenvalue weighted by Gasteiger charge is -2.27. The van der Waals surface area contributed by atoms with Crippen LogP contribution in [0.5, 0.6) is 0 Å². The van der Waals surface area contributed by atoms with Crippen LogP contribution >= 0.6 is 0 Å². The van der Waals surface area contributed by atoms with E-state index in [1.54, 1.807) is 6.07 Å². The van der Waals surface area contributed by atoms with Crippen LogP contribution in [0, 0.1) is 5.82 Å². The van der Waals surface area contributed by atoms with Gasteiger partial charge in [0.15, 0.2) is 0 Å². The maximum absolute atomic E-state index is 13.7. The molecular weight excluding hydrogens is 231 g/mol. The van der Waals surface area contributed by atoms with Gasteiger partial charge in [0, 0.05) is 5.56 Å². The summed E-state index contributed by atoms with van der Waals surface area (Å²) >= 11 is 0. The van der Waals surface area contributed by atoms with Crippen molar-refractivity contribution in [3.05, 3.63) is 65.5 Å². The number of para-hydroxylation sites is 1. The lowest BCUT2D eigenvalue weighted by atomic mass is 9.95. The van der Waals surface area contributed by atoms with E-state index in [-0.39, 0.29) is 17.8 Å². The van der Waals surface area contributed by atoms with Crippen LogP contribution in [-0.2, 0) is 0 Å². The maximum Gasteiger partial charge on any atom is 0.320 e. The molecule has 0 spiro atoms. The number of urea groups is 1. The predicted molar refractivity (Wildman–Crippen MR) is 66.8 cm³/mol. The summed E-state index contributed by atoms with van der Waals surface area (Å²) in [6.45, 7) is 0. The maximum atomic E-state index is 13.7. The van der Waals surface area contributed by atoms with Gasteiger partial charge in [-0.3, -0.25) is 0 Å². The highest BCUT2D eigenvalue weighted by atomic mass is 19.1. The molecule has 0 saturated heterocycles. The van der Waals surface area contributed by atoms with E-state index in [9.17, 15) is 9.18 Å². The van der Waals surface area contributed by atoms with E-state index in [1.807, 2.05) is 36.4 Å². The molecule has 2 N–H and O–H groups in total. The van der Waals surface area contributed by atoms with Crippen LogP contribution in [-0.4, -0.2) is 6.03 Å². The summed E-state index contributed by atoms with van der Waals surface area (Å²) < 4.78 is 13.7. The van der Waals surface area contributed by atoms with E-state index >= 15 is 0 Å². The molecular formula is C14H11FN2O. The Balaban J connectivity index is 2.14. The third kappa shape index (κ3) is 1.72. The molecule has 1 aliphatic rings. The van der Waals surface area contributed by atoms with Gasteiger partial charge in [-0.2, -0.15) is 0 Å². The van der Waals surface area contributed by atoms with E-state index in [4.69, 9.17) is 0 Å². The van der Waals surface area contributed by atoms with Gasteiger partial charge in [-0.05, 0) is 11.6 Å². The first-order chi connectivity index (χ1) is 8.75. The van der Waals surface area contributed by atoms with Crippen LogP contribution in [0.4, 0.5) is 14.9 Å². The molecule has 18 heavy (non-hydrogen) atoms. The van der Waals surface area contributed by atoms with E-state index in [1.165, 1.54) is 6.07 Å². The summed E-state index contributed by atoms with van der Waals surface area (Å²) in [5.41, 5.74) is 1.93. The van der Waals surface area contributed by atoms with Gasteiger partial charge < -0.3 is 10.6 Å². The quantitative estimate of drug-likeness (QED) is 0.792. The molecule has 0 saturated carbocycles. The number of rotatable bonds is 1. The molecule has 4 heteroatoms. The fourth-order valence-corrected chi connectivity index (χ4v) is 2.18. The standard InChI is InChI=1S/C14H11FN2O/c15-11-8-4-7-10-12(9-5-2-1-3-6-9)16-14(18)17-13(10)11/h1-8,12H,(H2,16,17,18). The van der Waals surface area contributed by atoms with Crippen molar-refractivity contribution in [2.24, 2.45) is 0 Å².